The molecular formula is C22H22F3NO4. The van der Waals surface area contributed by atoms with Crippen molar-refractivity contribution < 1.29 is 32.2 Å². The van der Waals surface area contributed by atoms with Crippen LogP contribution in [0.1, 0.15) is 24.3 Å². The lowest BCUT2D eigenvalue weighted by molar-refractivity contribution is -0.226. The van der Waals surface area contributed by atoms with E-state index in [9.17, 15) is 18.0 Å². The van der Waals surface area contributed by atoms with E-state index in [1.54, 1.807) is 6.92 Å². The van der Waals surface area contributed by atoms with E-state index in [4.69, 9.17) is 14.2 Å². The van der Waals surface area contributed by atoms with Crippen LogP contribution in [0.5, 0.6) is 5.75 Å². The van der Waals surface area contributed by atoms with Gasteiger partial charge in [0.15, 0.2) is 6.29 Å². The summed E-state index contributed by atoms with van der Waals surface area (Å²) in [5, 5.41) is 2.53. The van der Waals surface area contributed by atoms with Gasteiger partial charge in [0.2, 0.25) is 5.91 Å². The summed E-state index contributed by atoms with van der Waals surface area (Å²) >= 11 is 0. The van der Waals surface area contributed by atoms with Gasteiger partial charge >= 0.3 is 6.18 Å². The Balaban J connectivity index is 1.70. The fourth-order valence-electron chi connectivity index (χ4n) is 2.93. The summed E-state index contributed by atoms with van der Waals surface area (Å²) in [5.41, 5.74) is -1.20. The Morgan fingerprint density at radius 1 is 1.23 bits per heavy atom. The van der Waals surface area contributed by atoms with Crippen molar-refractivity contribution in [1.29, 1.82) is 0 Å². The minimum Gasteiger partial charge on any atom is -0.489 e. The molecule has 0 aromatic heterocycles. The normalized spacial score (nSPS) is 21.7. The summed E-state index contributed by atoms with van der Waals surface area (Å²) in [5.74, 6) is -0.830. The minimum atomic E-state index is -4.64. The smallest absolute Gasteiger partial charge is 0.420 e. The first-order valence-electron chi connectivity index (χ1n) is 9.27. The molecule has 30 heavy (non-hydrogen) atoms. The van der Waals surface area contributed by atoms with Crippen LogP contribution >= 0.6 is 0 Å². The number of nitrogens with one attached hydrogen (secondary N) is 1. The first-order valence-corrected chi connectivity index (χ1v) is 9.27. The molecule has 0 atom stereocenters. The highest BCUT2D eigenvalue weighted by Gasteiger charge is 2.40. The molecule has 8 heteroatoms. The van der Waals surface area contributed by atoms with Gasteiger partial charge in [0.05, 0.1) is 24.2 Å². The lowest BCUT2D eigenvalue weighted by atomic mass is 9.90. The molecule has 0 spiro atoms. The average Bonchev–Trinajstić information content (AvgIpc) is 2.73. The number of ether oxygens (including phenoxy) is 3. The van der Waals surface area contributed by atoms with Gasteiger partial charge in [-0.2, -0.15) is 13.2 Å². The molecule has 1 amide bonds. The van der Waals surface area contributed by atoms with Gasteiger partial charge in [-0.25, -0.2) is 0 Å². The number of amides is 1. The highest BCUT2D eigenvalue weighted by atomic mass is 19.4. The van der Waals surface area contributed by atoms with Crippen molar-refractivity contribution >= 4 is 11.6 Å². The summed E-state index contributed by atoms with van der Waals surface area (Å²) in [6.45, 7) is 5.11. The third kappa shape index (κ3) is 5.01. The van der Waals surface area contributed by atoms with Gasteiger partial charge in [-0.05, 0) is 25.1 Å². The number of hydrogen-bond donors (Lipinski definition) is 1. The quantitative estimate of drug-likeness (QED) is 0.670. The number of hydrogen-bond acceptors (Lipinski definition) is 4. The number of halogens is 3. The van der Waals surface area contributed by atoms with E-state index in [1.165, 1.54) is 18.2 Å². The van der Waals surface area contributed by atoms with Crippen LogP contribution < -0.4 is 10.1 Å². The van der Waals surface area contributed by atoms with Crippen molar-refractivity contribution in [2.24, 2.45) is 5.41 Å². The molecule has 1 heterocycles. The van der Waals surface area contributed by atoms with Crippen LogP contribution in [-0.2, 0) is 20.4 Å². The summed E-state index contributed by atoms with van der Waals surface area (Å²) in [6, 6.07) is 12.6. The average molecular weight is 421 g/mol. The molecular weight excluding hydrogens is 399 g/mol. The highest BCUT2D eigenvalue weighted by Crippen LogP contribution is 2.38. The van der Waals surface area contributed by atoms with Gasteiger partial charge < -0.3 is 19.5 Å². The van der Waals surface area contributed by atoms with Crippen LogP contribution in [0.25, 0.3) is 0 Å². The van der Waals surface area contributed by atoms with Crippen LogP contribution in [0.2, 0.25) is 0 Å². The van der Waals surface area contributed by atoms with Gasteiger partial charge in [0.1, 0.15) is 12.4 Å². The second-order valence-corrected chi connectivity index (χ2v) is 7.19. The zero-order chi connectivity index (χ0) is 21.8. The topological polar surface area (TPSA) is 56.8 Å². The Kier molecular flexibility index (Phi) is 6.48. The Hall–Kier alpha value is -2.84. The van der Waals surface area contributed by atoms with Crippen LogP contribution in [-0.4, -0.2) is 25.7 Å². The number of benzene rings is 2. The summed E-state index contributed by atoms with van der Waals surface area (Å²) in [4.78, 5) is 12.8. The number of anilines is 1. The molecule has 1 aliphatic heterocycles. The van der Waals surface area contributed by atoms with Crippen molar-refractivity contribution in [2.75, 3.05) is 25.1 Å². The maximum atomic E-state index is 13.4. The van der Waals surface area contributed by atoms with E-state index in [-0.39, 0.29) is 31.3 Å². The van der Waals surface area contributed by atoms with Crippen LogP contribution in [0.4, 0.5) is 18.9 Å². The van der Waals surface area contributed by atoms with Gasteiger partial charge in [0.25, 0.3) is 0 Å². The largest absolute Gasteiger partial charge is 0.489 e. The van der Waals surface area contributed by atoms with E-state index in [2.05, 4.69) is 11.9 Å². The molecule has 1 fully saturated rings. The number of alkyl halides is 3. The molecule has 0 radical (unpaired) electrons. The predicted octanol–water partition coefficient (Wildman–Crippen LogP) is 4.96. The highest BCUT2D eigenvalue weighted by molar-refractivity contribution is 5.95. The maximum absolute atomic E-state index is 13.4. The summed E-state index contributed by atoms with van der Waals surface area (Å²) < 4.78 is 56.6. The van der Waals surface area contributed by atoms with Crippen molar-refractivity contribution in [3.63, 3.8) is 0 Å². The maximum Gasteiger partial charge on any atom is 0.420 e. The molecule has 3 rings (SSSR count). The molecule has 5 nitrogen and oxygen atoms in total. The molecule has 1 N–H and O–H groups in total. The molecule has 0 saturated carbocycles. The standard InChI is InChI=1S/C22H22F3NO4/c1-3-11-28-18-10-9-16(12-17(18)22(23,24)25)26-20(27)21(2)13-29-19(30-14-21)15-7-5-4-6-8-15/h3-10,12,19H,1,11,13-14H2,2H3,(H,26,27). The van der Waals surface area contributed by atoms with E-state index < -0.39 is 29.4 Å². The lowest BCUT2D eigenvalue weighted by Crippen LogP contribution is -2.45. The molecule has 2 aromatic carbocycles. The first-order chi connectivity index (χ1) is 14.2. The first kappa shape index (κ1) is 21.9. The second kappa shape index (κ2) is 8.89. The van der Waals surface area contributed by atoms with E-state index in [0.29, 0.717) is 0 Å². The van der Waals surface area contributed by atoms with Crippen LogP contribution in [0.15, 0.2) is 61.2 Å². The third-order valence-electron chi connectivity index (χ3n) is 4.63. The summed E-state index contributed by atoms with van der Waals surface area (Å²) in [6.07, 6.45) is -3.88. The monoisotopic (exact) mass is 421 g/mol. The van der Waals surface area contributed by atoms with E-state index in [0.717, 1.165) is 11.6 Å². The Bertz CT molecular complexity index is 891. The molecule has 0 aliphatic carbocycles. The zero-order valence-electron chi connectivity index (χ0n) is 16.4. The van der Waals surface area contributed by atoms with Gasteiger partial charge in [-0.1, -0.05) is 43.0 Å². The Labute approximate surface area is 172 Å². The van der Waals surface area contributed by atoms with E-state index in [1.807, 2.05) is 30.3 Å². The van der Waals surface area contributed by atoms with E-state index >= 15 is 0 Å². The molecule has 0 unspecified atom stereocenters. The number of carbonyl (C=O) groups is 1. The molecule has 1 aliphatic rings. The SMILES string of the molecule is C=CCOc1ccc(NC(=O)C2(C)COC(c3ccccc3)OC2)cc1C(F)(F)F. The number of carbonyl (C=O) groups excluding carboxylic acids is 1. The second-order valence-electron chi connectivity index (χ2n) is 7.19. The fraction of sp³-hybridized carbons (Fsp3) is 0.318. The van der Waals surface area contributed by atoms with Crippen LogP contribution in [0.3, 0.4) is 0 Å². The van der Waals surface area contributed by atoms with Crippen molar-refractivity contribution in [3.05, 3.63) is 72.3 Å². The fourth-order valence-corrected chi connectivity index (χ4v) is 2.93. The van der Waals surface area contributed by atoms with Crippen LogP contribution in [0, 0.1) is 5.41 Å². The molecule has 1 saturated heterocycles. The van der Waals surface area contributed by atoms with Gasteiger partial charge in [-0.3, -0.25) is 4.79 Å². The molecule has 2 aromatic rings. The zero-order valence-corrected chi connectivity index (χ0v) is 16.4. The Morgan fingerprint density at radius 2 is 1.90 bits per heavy atom. The van der Waals surface area contributed by atoms with Crippen molar-refractivity contribution in [1.82, 2.24) is 0 Å². The predicted molar refractivity (Wildman–Crippen MR) is 105 cm³/mol. The third-order valence-corrected chi connectivity index (χ3v) is 4.63. The molecule has 0 bridgehead atoms. The minimum absolute atomic E-state index is 0.00434. The number of rotatable bonds is 6. The van der Waals surface area contributed by atoms with Crippen molar-refractivity contribution in [2.45, 2.75) is 19.4 Å². The van der Waals surface area contributed by atoms with Gasteiger partial charge in [-0.15, -0.1) is 0 Å². The molecule has 160 valence electrons. The lowest BCUT2D eigenvalue weighted by Gasteiger charge is -2.36. The van der Waals surface area contributed by atoms with Gasteiger partial charge in [0, 0.05) is 11.3 Å². The Morgan fingerprint density at radius 3 is 2.50 bits per heavy atom. The van der Waals surface area contributed by atoms with Crippen molar-refractivity contribution in [3.8, 4) is 5.75 Å². The summed E-state index contributed by atoms with van der Waals surface area (Å²) in [7, 11) is 0.